The molecule has 0 spiro atoms. The van der Waals surface area contributed by atoms with Crippen molar-refractivity contribution in [3.05, 3.63) is 72.8 Å². The van der Waals surface area contributed by atoms with Gasteiger partial charge >= 0.3 is 10.4 Å². The summed E-state index contributed by atoms with van der Waals surface area (Å²) in [7, 11) is -16.2. The number of hydrogen-bond acceptors (Lipinski definition) is 26. The maximum absolute atomic E-state index is 12.7. The Morgan fingerprint density at radius 3 is 1.74 bits per heavy atom. The molecule has 4 aromatic carbocycles. The minimum absolute atomic E-state index is 0.0327. The van der Waals surface area contributed by atoms with Crippen molar-refractivity contribution in [3.63, 3.8) is 0 Å². The third kappa shape index (κ3) is 14.8. The number of anilines is 2. The van der Waals surface area contributed by atoms with E-state index < -0.39 is 68.9 Å². The lowest BCUT2D eigenvalue weighted by Crippen LogP contribution is -2.15. The van der Waals surface area contributed by atoms with E-state index in [1.54, 1.807) is 0 Å². The summed E-state index contributed by atoms with van der Waals surface area (Å²) in [5, 5.41) is 51.1. The van der Waals surface area contributed by atoms with E-state index in [0.717, 1.165) is 24.3 Å². The van der Waals surface area contributed by atoms with Gasteiger partial charge in [-0.1, -0.05) is 10.1 Å². The minimum atomic E-state index is -4.86. The van der Waals surface area contributed by atoms with Gasteiger partial charge in [0.1, 0.15) is 27.6 Å². The molecule has 0 aliphatic carbocycles. The topological polar surface area (TPSA) is 385 Å². The molecule has 0 saturated carbocycles. The molecule has 0 heterocycles. The number of nitrogen functional groups attached to an aromatic ring is 1. The maximum atomic E-state index is 12.7. The molecule has 0 radical (unpaired) electrons. The summed E-state index contributed by atoms with van der Waals surface area (Å²) in [4.78, 5) is -0.872. The third-order valence-electron chi connectivity index (χ3n) is 7.24. The van der Waals surface area contributed by atoms with Gasteiger partial charge in [0.25, 0.3) is 10.1 Å². The smallest absolute Gasteiger partial charge is 0.395 e. The predicted octanol–water partition coefficient (Wildman–Crippen LogP) is 6.60. The van der Waals surface area contributed by atoms with Crippen LogP contribution in [0.4, 0.5) is 45.5 Å². The molecular formula is C29H30N8O18S6. The fourth-order valence-electron chi connectivity index (χ4n) is 4.53. The summed E-state index contributed by atoms with van der Waals surface area (Å²) in [6.07, 6.45) is 0. The van der Waals surface area contributed by atoms with E-state index in [4.69, 9.17) is 25.0 Å². The highest BCUT2D eigenvalue weighted by Crippen LogP contribution is 2.47. The largest absolute Gasteiger partial charge is 0.397 e. The normalized spacial score (nSPS) is 12.9. The van der Waals surface area contributed by atoms with Crippen molar-refractivity contribution in [3.8, 4) is 0 Å². The van der Waals surface area contributed by atoms with Crippen molar-refractivity contribution in [1.82, 2.24) is 0 Å². The zero-order valence-corrected chi connectivity index (χ0v) is 35.4. The summed E-state index contributed by atoms with van der Waals surface area (Å²) in [6, 6.07) is 14.5. The first-order valence-electron chi connectivity index (χ1n) is 16.0. The Morgan fingerprint density at radius 1 is 0.656 bits per heavy atom. The summed E-state index contributed by atoms with van der Waals surface area (Å²) >= 11 is 0.668. The van der Waals surface area contributed by atoms with Gasteiger partial charge in [-0.15, -0.1) is 29.1 Å². The maximum Gasteiger partial charge on any atom is 0.397 e. The van der Waals surface area contributed by atoms with Crippen LogP contribution in [0.2, 0.25) is 0 Å². The highest BCUT2D eigenvalue weighted by atomic mass is 32.3. The fraction of sp³-hybridized carbons (Fsp3) is 0.172. The molecule has 4 rings (SSSR count). The lowest BCUT2D eigenvalue weighted by Gasteiger charge is -2.12. The number of sulfone groups is 2. The number of nitrogens with one attached hydrogen (secondary N) is 1. The number of rotatable bonds is 23. The molecule has 7 N–H and O–H groups in total. The third-order valence-corrected chi connectivity index (χ3v) is 12.9. The Hall–Kier alpha value is -4.62. The number of nitrogens with two attached hydrogens (primary N) is 1. The van der Waals surface area contributed by atoms with Crippen LogP contribution in [0.1, 0.15) is 0 Å². The van der Waals surface area contributed by atoms with Gasteiger partial charge in [-0.05, 0) is 72.8 Å². The summed E-state index contributed by atoms with van der Waals surface area (Å²) < 4.78 is 132. The number of benzene rings is 4. The molecule has 0 aliphatic rings. The molecule has 0 unspecified atom stereocenters. The first kappa shape index (κ1) is 49.0. The summed E-state index contributed by atoms with van der Waals surface area (Å²) in [5.74, 6) is -1.25. The zero-order chi connectivity index (χ0) is 44.8. The lowest BCUT2D eigenvalue weighted by atomic mass is 10.1. The van der Waals surface area contributed by atoms with Gasteiger partial charge in [0.15, 0.2) is 32.0 Å². The molecule has 4 aromatic rings. The van der Waals surface area contributed by atoms with Gasteiger partial charge < -0.3 is 11.1 Å². The molecule has 0 saturated heterocycles. The van der Waals surface area contributed by atoms with E-state index in [1.807, 2.05) is 0 Å². The van der Waals surface area contributed by atoms with E-state index in [9.17, 15) is 38.2 Å². The Bertz CT molecular complexity index is 2710. The van der Waals surface area contributed by atoms with Crippen molar-refractivity contribution >= 4 is 110 Å². The van der Waals surface area contributed by atoms with Crippen molar-refractivity contribution in [1.29, 1.82) is 0 Å². The van der Waals surface area contributed by atoms with Crippen LogP contribution in [0.3, 0.4) is 0 Å². The molecule has 0 fully saturated rings. The minimum Gasteiger partial charge on any atom is -0.395 e. The average molecular weight is 971 g/mol. The predicted molar refractivity (Wildman–Crippen MR) is 213 cm³/mol. The van der Waals surface area contributed by atoms with Gasteiger partial charge in [0, 0.05) is 11.9 Å². The van der Waals surface area contributed by atoms with E-state index in [0.29, 0.717) is 12.0 Å². The van der Waals surface area contributed by atoms with Crippen LogP contribution in [0, 0.1) is 0 Å². The van der Waals surface area contributed by atoms with Gasteiger partial charge in [-0.2, -0.15) is 27.1 Å². The monoisotopic (exact) mass is 970 g/mol. The van der Waals surface area contributed by atoms with Crippen LogP contribution >= 0.6 is 24.4 Å². The number of nitrogens with zero attached hydrogens (tertiary/aromatic N) is 6. The molecule has 32 heteroatoms. The summed E-state index contributed by atoms with van der Waals surface area (Å²) in [5.41, 5.74) is 5.78. The molecule has 26 nitrogen and oxygen atoms in total. The Kier molecular flexibility index (Phi) is 17.6. The second-order valence-corrected chi connectivity index (χ2v) is 19.1. The molecule has 330 valence electrons. The van der Waals surface area contributed by atoms with Crippen LogP contribution in [-0.2, 0) is 67.3 Å². The standard InChI is InChI=1S/C29H30N8O18S6/c1-31-28-25(36-34-23-16-20(56-54-52-38)6-11-26(23)60(44,45)46)17-24(35-32-18-2-7-21(8-3-18)58(40,41)14-12-50-57-55-53-39)27(30)29(28)37-33-19-4-9-22(10-5-19)59(42,43)15-13-51-61(47,48)49/h2-11,16-17,31,38-39H,12-15,30H2,1H3,(H,44,45,46)(H,47,48,49)/b35-32+,36-34+,37-33+. The first-order chi connectivity index (χ1) is 28.8. The SMILES string of the molecule is CNc1c(/N=N/c2cc(SOOO)ccc2S(=O)(=O)O)cc(/N=N/c2ccc(S(=O)(=O)CCOSOOO)cc2)c(N)c1/N=N/c1ccc(S(=O)(=O)CCOS(=O)(=O)O)cc1. The molecule has 61 heavy (non-hydrogen) atoms. The number of azo groups is 3. The zero-order valence-electron chi connectivity index (χ0n) is 30.5. The highest BCUT2D eigenvalue weighted by molar-refractivity contribution is 7.94. The average Bonchev–Trinajstić information content (AvgIpc) is 3.20. The Morgan fingerprint density at radius 2 is 1.20 bits per heavy atom. The van der Waals surface area contributed by atoms with Gasteiger partial charge in [-0.3, -0.25) is 13.3 Å². The highest BCUT2D eigenvalue weighted by Gasteiger charge is 2.21. The van der Waals surface area contributed by atoms with Crippen LogP contribution in [0.15, 0.2) is 123 Å². The Balaban J connectivity index is 1.75. The molecule has 0 aromatic heterocycles. The second-order valence-electron chi connectivity index (χ2n) is 11.1. The van der Waals surface area contributed by atoms with Crippen LogP contribution in [0.5, 0.6) is 0 Å². The first-order valence-corrected chi connectivity index (χ1v) is 23.5. The molecular weight excluding hydrogens is 941 g/mol. The van der Waals surface area contributed by atoms with E-state index >= 15 is 0 Å². The van der Waals surface area contributed by atoms with E-state index in [1.165, 1.54) is 55.6 Å². The van der Waals surface area contributed by atoms with Gasteiger partial charge in [0.05, 0.1) is 69.3 Å². The van der Waals surface area contributed by atoms with E-state index in [2.05, 4.69) is 58.9 Å². The van der Waals surface area contributed by atoms with Crippen LogP contribution in [0.25, 0.3) is 0 Å². The molecule has 0 bridgehead atoms. The summed E-state index contributed by atoms with van der Waals surface area (Å²) in [6.45, 7) is -1.17. The quantitative estimate of drug-likeness (QED) is 0.00866. The van der Waals surface area contributed by atoms with Crippen LogP contribution < -0.4 is 11.1 Å². The molecule has 0 aliphatic heterocycles. The molecule has 0 atom stereocenters. The second kappa shape index (κ2) is 21.9. The fourth-order valence-corrected chi connectivity index (χ4v) is 8.43. The number of hydrogen-bond donors (Lipinski definition) is 6. The van der Waals surface area contributed by atoms with Gasteiger partial charge in [0.2, 0.25) is 0 Å². The van der Waals surface area contributed by atoms with Crippen molar-refractivity contribution in [2.45, 2.75) is 19.6 Å². The molecule has 0 amide bonds. The van der Waals surface area contributed by atoms with Crippen LogP contribution in [-0.4, -0.2) is 85.1 Å². The van der Waals surface area contributed by atoms with Crippen molar-refractivity contribution in [2.24, 2.45) is 30.7 Å². The van der Waals surface area contributed by atoms with Gasteiger partial charge in [-0.25, -0.2) is 31.5 Å². The van der Waals surface area contributed by atoms with E-state index in [-0.39, 0.29) is 73.4 Å². The van der Waals surface area contributed by atoms with Crippen molar-refractivity contribution < 1.29 is 80.4 Å². The van der Waals surface area contributed by atoms with Crippen molar-refractivity contribution in [2.75, 3.05) is 42.8 Å². The Labute approximate surface area is 354 Å². The lowest BCUT2D eigenvalue weighted by molar-refractivity contribution is -0.434.